The van der Waals surface area contributed by atoms with E-state index >= 15 is 0 Å². The molecule has 9 heteroatoms. The molecule has 3 aromatic rings. The van der Waals surface area contributed by atoms with Gasteiger partial charge in [-0.3, -0.25) is 9.39 Å². The van der Waals surface area contributed by atoms with E-state index in [4.69, 9.17) is 9.47 Å². The van der Waals surface area contributed by atoms with Gasteiger partial charge in [0.1, 0.15) is 5.82 Å². The summed E-state index contributed by atoms with van der Waals surface area (Å²) < 4.78 is 12.7. The number of pyridine rings is 1. The second-order valence-electron chi connectivity index (χ2n) is 6.16. The largest absolute Gasteiger partial charge is 0.454 e. The lowest BCUT2D eigenvalue weighted by atomic mass is 10.1. The molecule has 0 bridgehead atoms. The lowest BCUT2D eigenvalue weighted by Gasteiger charge is -2.11. The van der Waals surface area contributed by atoms with E-state index in [1.54, 1.807) is 7.05 Å². The van der Waals surface area contributed by atoms with Crippen LogP contribution in [0.2, 0.25) is 0 Å². The average Bonchev–Trinajstić information content (AvgIpc) is 3.33. The predicted octanol–water partition coefficient (Wildman–Crippen LogP) is 2.03. The number of hydrogen-bond acceptors (Lipinski definition) is 5. The van der Waals surface area contributed by atoms with E-state index in [-0.39, 0.29) is 24.0 Å². The van der Waals surface area contributed by atoms with Gasteiger partial charge in [0.25, 0.3) is 0 Å². The first-order valence-corrected chi connectivity index (χ1v) is 8.95. The molecular formula is C19H23IN6O2. The summed E-state index contributed by atoms with van der Waals surface area (Å²) >= 11 is 0. The molecule has 2 N–H and O–H groups in total. The first-order valence-electron chi connectivity index (χ1n) is 8.95. The SMILES string of the molecule is CN=C(NCCc1ccc2c(c1)OCO2)NCCc1nnc2ccccn12.I. The minimum Gasteiger partial charge on any atom is -0.454 e. The molecule has 28 heavy (non-hydrogen) atoms. The van der Waals surface area contributed by atoms with Gasteiger partial charge in [-0.2, -0.15) is 0 Å². The summed E-state index contributed by atoms with van der Waals surface area (Å²) in [6.07, 6.45) is 3.60. The highest BCUT2D eigenvalue weighted by Gasteiger charge is 2.13. The van der Waals surface area contributed by atoms with Crippen molar-refractivity contribution < 1.29 is 9.47 Å². The van der Waals surface area contributed by atoms with Gasteiger partial charge in [0.15, 0.2) is 23.1 Å². The smallest absolute Gasteiger partial charge is 0.231 e. The second kappa shape index (κ2) is 9.58. The van der Waals surface area contributed by atoms with Crippen molar-refractivity contribution in [2.75, 3.05) is 26.9 Å². The molecule has 0 saturated carbocycles. The average molecular weight is 494 g/mol. The molecule has 148 valence electrons. The number of nitrogens with zero attached hydrogens (tertiary/aromatic N) is 4. The first-order chi connectivity index (χ1) is 13.3. The van der Waals surface area contributed by atoms with Crippen molar-refractivity contribution in [1.29, 1.82) is 0 Å². The van der Waals surface area contributed by atoms with Crippen molar-refractivity contribution in [2.45, 2.75) is 12.8 Å². The number of rotatable bonds is 6. The minimum absolute atomic E-state index is 0. The highest BCUT2D eigenvalue weighted by molar-refractivity contribution is 14.0. The molecule has 0 radical (unpaired) electrons. The Balaban J connectivity index is 0.00000225. The molecule has 1 aliphatic heterocycles. The van der Waals surface area contributed by atoms with E-state index in [1.807, 2.05) is 40.9 Å². The summed E-state index contributed by atoms with van der Waals surface area (Å²) in [6.45, 7) is 1.79. The van der Waals surface area contributed by atoms with Crippen molar-refractivity contribution in [1.82, 2.24) is 25.2 Å². The van der Waals surface area contributed by atoms with E-state index in [0.29, 0.717) is 6.79 Å². The number of benzene rings is 1. The zero-order valence-corrected chi connectivity index (χ0v) is 17.9. The quantitative estimate of drug-likeness (QED) is 0.310. The molecule has 1 aliphatic rings. The predicted molar refractivity (Wildman–Crippen MR) is 118 cm³/mol. The van der Waals surface area contributed by atoms with Crippen molar-refractivity contribution in [3.05, 3.63) is 54.0 Å². The van der Waals surface area contributed by atoms with Crippen molar-refractivity contribution >= 4 is 35.6 Å². The standard InChI is InChI=1S/C19H22N6O2.HI/c1-20-19(21-9-7-14-5-6-15-16(12-14)27-13-26-15)22-10-8-18-24-23-17-4-2-3-11-25(17)18;/h2-6,11-12H,7-10,13H2,1H3,(H2,20,21,22);1H. The molecule has 2 aromatic heterocycles. The van der Waals surface area contributed by atoms with Gasteiger partial charge in [-0.1, -0.05) is 12.1 Å². The molecule has 0 atom stereocenters. The normalized spacial score (nSPS) is 12.7. The number of halogens is 1. The van der Waals surface area contributed by atoms with Crippen LogP contribution in [0.1, 0.15) is 11.4 Å². The summed E-state index contributed by atoms with van der Waals surface area (Å²) in [4.78, 5) is 4.27. The second-order valence-corrected chi connectivity index (χ2v) is 6.16. The van der Waals surface area contributed by atoms with Crippen LogP contribution in [-0.2, 0) is 12.8 Å². The van der Waals surface area contributed by atoms with Crippen LogP contribution in [0, 0.1) is 0 Å². The van der Waals surface area contributed by atoms with Gasteiger partial charge < -0.3 is 20.1 Å². The zero-order valence-electron chi connectivity index (χ0n) is 15.6. The third-order valence-corrected chi connectivity index (χ3v) is 4.39. The van der Waals surface area contributed by atoms with Gasteiger partial charge in [0.05, 0.1) is 0 Å². The summed E-state index contributed by atoms with van der Waals surface area (Å²) in [5, 5.41) is 15.0. The minimum atomic E-state index is 0. The lowest BCUT2D eigenvalue weighted by molar-refractivity contribution is 0.174. The van der Waals surface area contributed by atoms with Crippen molar-refractivity contribution in [2.24, 2.45) is 4.99 Å². The fourth-order valence-electron chi connectivity index (χ4n) is 3.00. The monoisotopic (exact) mass is 494 g/mol. The number of ether oxygens (including phenoxy) is 2. The Morgan fingerprint density at radius 1 is 1.07 bits per heavy atom. The zero-order chi connectivity index (χ0) is 18.5. The molecule has 0 amide bonds. The van der Waals surface area contributed by atoms with Gasteiger partial charge in [0, 0.05) is 32.8 Å². The van der Waals surface area contributed by atoms with Crippen LogP contribution in [0.5, 0.6) is 11.5 Å². The van der Waals surface area contributed by atoms with Crippen LogP contribution in [-0.4, -0.2) is 47.5 Å². The first kappa shape index (κ1) is 20.2. The highest BCUT2D eigenvalue weighted by atomic mass is 127. The van der Waals surface area contributed by atoms with Crippen molar-refractivity contribution in [3.63, 3.8) is 0 Å². The maximum Gasteiger partial charge on any atom is 0.231 e. The van der Waals surface area contributed by atoms with E-state index in [1.165, 1.54) is 5.56 Å². The summed E-state index contributed by atoms with van der Waals surface area (Å²) in [5.74, 6) is 3.32. The molecule has 0 spiro atoms. The van der Waals surface area contributed by atoms with E-state index in [9.17, 15) is 0 Å². The van der Waals surface area contributed by atoms with Crippen LogP contribution in [0.15, 0.2) is 47.6 Å². The van der Waals surface area contributed by atoms with Crippen LogP contribution < -0.4 is 20.1 Å². The summed E-state index contributed by atoms with van der Waals surface area (Å²) in [7, 11) is 1.77. The van der Waals surface area contributed by atoms with Crippen LogP contribution in [0.4, 0.5) is 0 Å². The lowest BCUT2D eigenvalue weighted by Crippen LogP contribution is -2.39. The Morgan fingerprint density at radius 2 is 1.89 bits per heavy atom. The Bertz CT molecular complexity index is 959. The van der Waals surface area contributed by atoms with Crippen molar-refractivity contribution in [3.8, 4) is 11.5 Å². The number of hydrogen-bond donors (Lipinski definition) is 2. The van der Waals surface area contributed by atoms with Gasteiger partial charge in [-0.05, 0) is 36.2 Å². The van der Waals surface area contributed by atoms with E-state index < -0.39 is 0 Å². The van der Waals surface area contributed by atoms with Crippen LogP contribution >= 0.6 is 24.0 Å². The molecule has 0 unspecified atom stereocenters. The van der Waals surface area contributed by atoms with E-state index in [0.717, 1.165) is 54.9 Å². The maximum absolute atomic E-state index is 5.42. The Morgan fingerprint density at radius 3 is 2.75 bits per heavy atom. The third-order valence-electron chi connectivity index (χ3n) is 4.39. The molecule has 1 aromatic carbocycles. The third kappa shape index (κ3) is 4.64. The van der Waals surface area contributed by atoms with Gasteiger partial charge in [0.2, 0.25) is 6.79 Å². The number of guanidine groups is 1. The van der Waals surface area contributed by atoms with Gasteiger partial charge in [-0.25, -0.2) is 0 Å². The molecule has 4 rings (SSSR count). The summed E-state index contributed by atoms with van der Waals surface area (Å²) in [6, 6.07) is 11.9. The fraction of sp³-hybridized carbons (Fsp3) is 0.316. The maximum atomic E-state index is 5.42. The van der Waals surface area contributed by atoms with Gasteiger partial charge in [-0.15, -0.1) is 34.2 Å². The van der Waals surface area contributed by atoms with Gasteiger partial charge >= 0.3 is 0 Å². The topological polar surface area (TPSA) is 85.1 Å². The number of nitrogens with one attached hydrogen (secondary N) is 2. The Labute approximate surface area is 180 Å². The highest BCUT2D eigenvalue weighted by Crippen LogP contribution is 2.32. The molecule has 8 nitrogen and oxygen atoms in total. The number of fused-ring (bicyclic) bond motifs is 2. The van der Waals surface area contributed by atoms with E-state index in [2.05, 4.69) is 31.9 Å². The molecule has 3 heterocycles. The Hall–Kier alpha value is -2.56. The molecule has 0 fully saturated rings. The summed E-state index contributed by atoms with van der Waals surface area (Å²) in [5.41, 5.74) is 2.05. The molecule has 0 saturated heterocycles. The Kier molecular flexibility index (Phi) is 6.90. The molecule has 0 aliphatic carbocycles. The number of aromatic nitrogens is 3. The van der Waals surface area contributed by atoms with Crippen LogP contribution in [0.25, 0.3) is 5.65 Å². The molecular weight excluding hydrogens is 471 g/mol. The fourth-order valence-corrected chi connectivity index (χ4v) is 3.00. The van der Waals surface area contributed by atoms with Crippen LogP contribution in [0.3, 0.4) is 0 Å². The number of aliphatic imine (C=N–C) groups is 1.